The van der Waals surface area contributed by atoms with Crippen molar-refractivity contribution in [2.75, 3.05) is 44.6 Å². The average molecular weight is 591 g/mol. The number of hydrogen-bond acceptors (Lipinski definition) is 8. The Labute approximate surface area is 247 Å². The third-order valence-electron chi connectivity index (χ3n) is 8.03. The van der Waals surface area contributed by atoms with Crippen LogP contribution in [0.4, 0.5) is 10.6 Å². The van der Waals surface area contributed by atoms with Crippen molar-refractivity contribution >= 4 is 30.2 Å². The Morgan fingerprint density at radius 3 is 2.37 bits per heavy atom. The Morgan fingerprint density at radius 1 is 1.15 bits per heavy atom. The van der Waals surface area contributed by atoms with E-state index in [9.17, 15) is 19.5 Å². The molecule has 0 saturated carbocycles. The molecule has 0 bridgehead atoms. The molecule has 0 aliphatic carbocycles. The minimum absolute atomic E-state index is 0. The molecule has 1 aromatic carbocycles. The normalized spacial score (nSPS) is 20.6. The highest BCUT2D eigenvalue weighted by atomic mass is 35.5. The Morgan fingerprint density at radius 2 is 1.80 bits per heavy atom. The number of amides is 3. The maximum absolute atomic E-state index is 12.8. The van der Waals surface area contributed by atoms with Crippen LogP contribution in [0, 0.1) is 5.92 Å². The molecule has 13 heteroatoms. The summed E-state index contributed by atoms with van der Waals surface area (Å²) in [7, 11) is 0. The Bertz CT molecular complexity index is 1240. The van der Waals surface area contributed by atoms with Crippen LogP contribution in [0.3, 0.4) is 0 Å². The van der Waals surface area contributed by atoms with Gasteiger partial charge in [-0.2, -0.15) is 4.98 Å². The summed E-state index contributed by atoms with van der Waals surface area (Å²) in [6, 6.07) is 8.98. The van der Waals surface area contributed by atoms with Crippen molar-refractivity contribution in [2.24, 2.45) is 17.4 Å². The number of urea groups is 1. The number of nitrogens with two attached hydrogens (primary N) is 2. The zero-order valence-electron chi connectivity index (χ0n) is 24.0. The molecule has 2 saturated heterocycles. The minimum atomic E-state index is -1.37. The number of aliphatic hydroxyl groups excluding tert-OH is 1. The number of aromatic nitrogens is 2. The van der Waals surface area contributed by atoms with Gasteiger partial charge in [0.25, 0.3) is 0 Å². The quantitative estimate of drug-likeness (QED) is 0.371. The van der Waals surface area contributed by atoms with Crippen molar-refractivity contribution in [3.8, 4) is 5.69 Å². The van der Waals surface area contributed by atoms with E-state index < -0.39 is 23.9 Å². The van der Waals surface area contributed by atoms with Crippen molar-refractivity contribution in [1.82, 2.24) is 24.3 Å². The molecule has 6 N–H and O–H groups in total. The number of carbonyl (C=O) groups is 2. The standard InChI is InChI=1S/C28H42N8O4.ClH/c1-19-16-34(14-15-35(19)25(38)28(3,30)18-37)26(39)31-24-10-13-36(27(40)32-24)23-6-4-21(5-7-23)17-33-11-8-22(9-12-33)20(2)29;/h4-7,10,13,19-20,22,37H,8-9,11-12,14-18,29-30H2,1-3H3,(H,31,32,39,40);1H/t19-,20?,28+;/m1./s1. The molecule has 2 aliphatic heterocycles. The molecule has 4 rings (SSSR count). The number of hydrogen-bond donors (Lipinski definition) is 4. The number of nitrogens with one attached hydrogen (secondary N) is 1. The van der Waals surface area contributed by atoms with Crippen LogP contribution in [0.2, 0.25) is 0 Å². The van der Waals surface area contributed by atoms with Gasteiger partial charge in [0.05, 0.1) is 12.3 Å². The molecule has 12 nitrogen and oxygen atoms in total. The van der Waals surface area contributed by atoms with Crippen molar-refractivity contribution in [1.29, 1.82) is 0 Å². The number of nitrogens with zero attached hydrogens (tertiary/aromatic N) is 5. The number of halogens is 1. The van der Waals surface area contributed by atoms with Crippen LogP contribution < -0.4 is 22.5 Å². The lowest BCUT2D eigenvalue weighted by Gasteiger charge is -2.42. The highest BCUT2D eigenvalue weighted by Crippen LogP contribution is 2.21. The van der Waals surface area contributed by atoms with Crippen LogP contribution >= 0.6 is 12.4 Å². The number of likely N-dealkylation sites (tertiary alicyclic amines) is 1. The SMILES string of the molecule is CC(N)C1CCN(Cc2ccc(-n3ccc(NC(=O)N4CCN(C(=O)[C@@](C)(N)CO)[C@H](C)C4)nc3=O)cc2)CC1.Cl. The molecular formula is C28H43ClN8O4. The van der Waals surface area contributed by atoms with Gasteiger partial charge in [-0.1, -0.05) is 12.1 Å². The first kappa shape index (κ1) is 32.5. The predicted molar refractivity (Wildman–Crippen MR) is 160 cm³/mol. The number of benzene rings is 1. The molecule has 2 aromatic rings. The zero-order chi connectivity index (χ0) is 29.0. The van der Waals surface area contributed by atoms with Crippen molar-refractivity contribution in [2.45, 2.75) is 57.8 Å². The first-order chi connectivity index (χ1) is 19.0. The first-order valence-electron chi connectivity index (χ1n) is 13.9. The lowest BCUT2D eigenvalue weighted by molar-refractivity contribution is -0.141. The molecule has 3 heterocycles. The third kappa shape index (κ3) is 7.83. The van der Waals surface area contributed by atoms with E-state index in [1.165, 1.54) is 17.1 Å². The number of piperidine rings is 1. The van der Waals surface area contributed by atoms with Gasteiger partial charge >= 0.3 is 11.7 Å². The van der Waals surface area contributed by atoms with Gasteiger partial charge in [0.1, 0.15) is 11.4 Å². The van der Waals surface area contributed by atoms with Gasteiger partial charge in [-0.3, -0.25) is 19.6 Å². The van der Waals surface area contributed by atoms with Crippen molar-refractivity contribution < 1.29 is 14.7 Å². The van der Waals surface area contributed by atoms with Crippen LogP contribution in [0.1, 0.15) is 39.2 Å². The summed E-state index contributed by atoms with van der Waals surface area (Å²) >= 11 is 0. The topological polar surface area (TPSA) is 163 Å². The largest absolute Gasteiger partial charge is 0.394 e. The van der Waals surface area contributed by atoms with Gasteiger partial charge in [0.15, 0.2) is 0 Å². The average Bonchev–Trinajstić information content (AvgIpc) is 2.93. The summed E-state index contributed by atoms with van der Waals surface area (Å²) in [5.74, 6) is 0.387. The lowest BCUT2D eigenvalue weighted by Crippen LogP contribution is -2.63. The number of anilines is 1. The summed E-state index contributed by atoms with van der Waals surface area (Å²) in [4.78, 5) is 47.9. The third-order valence-corrected chi connectivity index (χ3v) is 8.03. The molecule has 0 spiro atoms. The predicted octanol–water partition coefficient (Wildman–Crippen LogP) is 0.988. The summed E-state index contributed by atoms with van der Waals surface area (Å²) < 4.78 is 1.44. The van der Waals surface area contributed by atoms with E-state index in [0.717, 1.165) is 32.5 Å². The van der Waals surface area contributed by atoms with Crippen LogP contribution in [-0.2, 0) is 11.3 Å². The van der Waals surface area contributed by atoms with Crippen LogP contribution in [0.25, 0.3) is 5.69 Å². The van der Waals surface area contributed by atoms with Crippen LogP contribution in [0.5, 0.6) is 0 Å². The Balaban J connectivity index is 0.00000462. The van der Waals surface area contributed by atoms with E-state index in [2.05, 4.69) is 22.1 Å². The smallest absolute Gasteiger partial charge is 0.354 e. The monoisotopic (exact) mass is 590 g/mol. The number of carbonyl (C=O) groups excluding carboxylic acids is 2. The summed E-state index contributed by atoms with van der Waals surface area (Å²) in [5.41, 5.74) is 12.0. The van der Waals surface area contributed by atoms with Gasteiger partial charge in [-0.25, -0.2) is 9.59 Å². The van der Waals surface area contributed by atoms with E-state index >= 15 is 0 Å². The van der Waals surface area contributed by atoms with E-state index in [1.807, 2.05) is 31.2 Å². The summed E-state index contributed by atoms with van der Waals surface area (Å²) in [5, 5.41) is 12.1. The van der Waals surface area contributed by atoms with Gasteiger partial charge in [-0.05, 0) is 76.4 Å². The van der Waals surface area contributed by atoms with Gasteiger partial charge in [0, 0.05) is 44.5 Å². The van der Waals surface area contributed by atoms with E-state index in [4.69, 9.17) is 11.5 Å². The second-order valence-corrected chi connectivity index (χ2v) is 11.4. The van der Waals surface area contributed by atoms with Gasteiger partial charge < -0.3 is 26.4 Å². The number of aliphatic hydroxyl groups is 1. The molecular weight excluding hydrogens is 548 g/mol. The summed E-state index contributed by atoms with van der Waals surface area (Å²) in [6.45, 7) is 8.72. The number of piperazine rings is 1. The van der Waals surface area contributed by atoms with Crippen LogP contribution in [0.15, 0.2) is 41.3 Å². The molecule has 1 aromatic heterocycles. The second-order valence-electron chi connectivity index (χ2n) is 11.4. The molecule has 41 heavy (non-hydrogen) atoms. The van der Waals surface area contributed by atoms with E-state index in [-0.39, 0.29) is 55.9 Å². The summed E-state index contributed by atoms with van der Waals surface area (Å²) in [6.07, 6.45) is 3.83. The minimum Gasteiger partial charge on any atom is -0.394 e. The zero-order valence-corrected chi connectivity index (χ0v) is 24.8. The molecule has 0 radical (unpaired) electrons. The number of rotatable bonds is 7. The molecule has 1 unspecified atom stereocenters. The highest BCUT2D eigenvalue weighted by molar-refractivity contribution is 5.89. The Hall–Kier alpha value is -3.03. The maximum atomic E-state index is 12.8. The first-order valence-corrected chi connectivity index (χ1v) is 13.9. The second kappa shape index (κ2) is 13.8. The molecule has 3 amide bonds. The van der Waals surface area contributed by atoms with Gasteiger partial charge in [0.2, 0.25) is 5.91 Å². The molecule has 3 atom stereocenters. The van der Waals surface area contributed by atoms with Crippen molar-refractivity contribution in [3.05, 3.63) is 52.6 Å². The fourth-order valence-electron chi connectivity index (χ4n) is 5.35. The fraction of sp³-hybridized carbons (Fsp3) is 0.571. The Kier molecular flexibility index (Phi) is 10.9. The van der Waals surface area contributed by atoms with E-state index in [0.29, 0.717) is 11.6 Å². The lowest BCUT2D eigenvalue weighted by atomic mass is 9.91. The molecule has 2 fully saturated rings. The molecule has 2 aliphatic rings. The molecule has 226 valence electrons. The van der Waals surface area contributed by atoms with Crippen LogP contribution in [-0.4, -0.2) is 98.2 Å². The fourth-order valence-corrected chi connectivity index (χ4v) is 5.35. The highest BCUT2D eigenvalue weighted by Gasteiger charge is 2.37. The van der Waals surface area contributed by atoms with E-state index in [1.54, 1.807) is 22.1 Å². The van der Waals surface area contributed by atoms with Gasteiger partial charge in [-0.15, -0.1) is 12.4 Å². The van der Waals surface area contributed by atoms with Crippen molar-refractivity contribution in [3.63, 3.8) is 0 Å². The maximum Gasteiger partial charge on any atom is 0.354 e.